The quantitative estimate of drug-likeness (QED) is 0.826. The predicted molar refractivity (Wildman–Crippen MR) is 62.9 cm³/mol. The van der Waals surface area contributed by atoms with Gasteiger partial charge in [-0.15, -0.1) is 0 Å². The average Bonchev–Trinajstić information content (AvgIpc) is 2.78. The molecule has 6 heteroatoms. The van der Waals surface area contributed by atoms with Crippen molar-refractivity contribution in [1.82, 2.24) is 4.90 Å². The number of primary amides is 1. The van der Waals surface area contributed by atoms with E-state index in [-0.39, 0.29) is 17.5 Å². The van der Waals surface area contributed by atoms with E-state index in [1.54, 1.807) is 0 Å². The van der Waals surface area contributed by atoms with Crippen molar-refractivity contribution in [1.29, 1.82) is 0 Å². The minimum absolute atomic E-state index is 0.123. The highest BCUT2D eigenvalue weighted by Crippen LogP contribution is 2.20. The number of piperidine rings is 1. The van der Waals surface area contributed by atoms with Crippen LogP contribution in [-0.2, 0) is 11.3 Å². The summed E-state index contributed by atoms with van der Waals surface area (Å²) in [5, 5.41) is 8.80. The van der Waals surface area contributed by atoms with Crippen LogP contribution in [0.2, 0.25) is 0 Å². The number of hydrogen-bond acceptors (Lipinski definition) is 4. The summed E-state index contributed by atoms with van der Waals surface area (Å²) in [6.07, 6.45) is 3.96. The van der Waals surface area contributed by atoms with Gasteiger partial charge in [0, 0.05) is 0 Å². The molecule has 3 N–H and O–H groups in total. The number of nitrogens with two attached hydrogens (primary N) is 1. The Hall–Kier alpha value is -1.82. The van der Waals surface area contributed by atoms with Gasteiger partial charge in [-0.2, -0.15) is 0 Å². The Bertz CT molecular complexity index is 455. The normalized spacial score (nSPS) is 20.8. The summed E-state index contributed by atoms with van der Waals surface area (Å²) in [4.78, 5) is 24.0. The van der Waals surface area contributed by atoms with E-state index in [0.717, 1.165) is 25.8 Å². The van der Waals surface area contributed by atoms with Crippen molar-refractivity contribution in [3.8, 4) is 0 Å². The van der Waals surface area contributed by atoms with E-state index in [4.69, 9.17) is 15.3 Å². The molecule has 0 saturated carbocycles. The lowest BCUT2D eigenvalue weighted by molar-refractivity contribution is -0.124. The Balaban J connectivity index is 2.06. The number of amides is 1. The van der Waals surface area contributed by atoms with E-state index >= 15 is 0 Å². The number of likely N-dealkylation sites (tertiary alicyclic amines) is 1. The monoisotopic (exact) mass is 252 g/mol. The van der Waals surface area contributed by atoms with Crippen molar-refractivity contribution >= 4 is 11.9 Å². The van der Waals surface area contributed by atoms with Crippen molar-refractivity contribution in [2.45, 2.75) is 31.8 Å². The fourth-order valence-corrected chi connectivity index (χ4v) is 2.28. The third kappa shape index (κ3) is 2.70. The minimum Gasteiger partial charge on any atom is -0.478 e. The lowest BCUT2D eigenvalue weighted by Crippen LogP contribution is -2.47. The predicted octanol–water partition coefficient (Wildman–Crippen LogP) is 0.818. The molecule has 1 aliphatic rings. The topological polar surface area (TPSA) is 96.8 Å². The van der Waals surface area contributed by atoms with Gasteiger partial charge in [0.2, 0.25) is 5.91 Å². The fourth-order valence-electron chi connectivity index (χ4n) is 2.28. The van der Waals surface area contributed by atoms with Gasteiger partial charge in [0.25, 0.3) is 0 Å². The molecule has 1 amide bonds. The van der Waals surface area contributed by atoms with Gasteiger partial charge in [-0.1, -0.05) is 6.42 Å². The zero-order valence-corrected chi connectivity index (χ0v) is 9.96. The summed E-state index contributed by atoms with van der Waals surface area (Å²) >= 11 is 0. The van der Waals surface area contributed by atoms with E-state index in [1.807, 2.05) is 4.90 Å². The molecule has 0 radical (unpaired) electrons. The first-order valence-electron chi connectivity index (χ1n) is 5.92. The Morgan fingerprint density at radius 1 is 1.50 bits per heavy atom. The largest absolute Gasteiger partial charge is 0.478 e. The fraction of sp³-hybridized carbons (Fsp3) is 0.500. The summed E-state index contributed by atoms with van der Waals surface area (Å²) < 4.78 is 5.18. The standard InChI is InChI=1S/C12H16N2O4/c13-11(15)10-3-1-2-4-14(10)6-9-5-8(7-18-9)12(16)17/h5,7,10H,1-4,6H2,(H2,13,15)(H,16,17). The molecule has 1 saturated heterocycles. The van der Waals surface area contributed by atoms with Crippen LogP contribution >= 0.6 is 0 Å². The molecule has 1 fully saturated rings. The van der Waals surface area contributed by atoms with Gasteiger partial charge in [0.15, 0.2) is 0 Å². The minimum atomic E-state index is -1.02. The number of furan rings is 1. The Labute approximate surface area is 104 Å². The van der Waals surface area contributed by atoms with Crippen LogP contribution in [0.25, 0.3) is 0 Å². The van der Waals surface area contributed by atoms with E-state index in [2.05, 4.69) is 0 Å². The zero-order chi connectivity index (χ0) is 13.1. The number of nitrogens with zero attached hydrogens (tertiary/aromatic N) is 1. The summed E-state index contributed by atoms with van der Waals surface area (Å²) in [7, 11) is 0. The maximum Gasteiger partial charge on any atom is 0.338 e. The summed E-state index contributed by atoms with van der Waals surface area (Å²) in [5.74, 6) is -0.810. The molecule has 0 aliphatic carbocycles. The second-order valence-corrected chi connectivity index (χ2v) is 4.49. The molecule has 1 aromatic rings. The van der Waals surface area contributed by atoms with Crippen LogP contribution in [0.15, 0.2) is 16.7 Å². The lowest BCUT2D eigenvalue weighted by Gasteiger charge is -2.32. The van der Waals surface area contributed by atoms with Crippen LogP contribution in [0.4, 0.5) is 0 Å². The highest BCUT2D eigenvalue weighted by atomic mass is 16.4. The van der Waals surface area contributed by atoms with Crippen molar-refractivity contribution in [2.24, 2.45) is 5.73 Å². The van der Waals surface area contributed by atoms with Gasteiger partial charge >= 0.3 is 5.97 Å². The lowest BCUT2D eigenvalue weighted by atomic mass is 10.0. The first-order chi connectivity index (χ1) is 8.58. The smallest absolute Gasteiger partial charge is 0.338 e. The third-order valence-corrected chi connectivity index (χ3v) is 3.20. The number of aromatic carboxylic acids is 1. The van der Waals surface area contributed by atoms with Gasteiger partial charge in [-0.05, 0) is 25.5 Å². The van der Waals surface area contributed by atoms with Crippen LogP contribution in [0.5, 0.6) is 0 Å². The van der Waals surface area contributed by atoms with Gasteiger partial charge in [-0.3, -0.25) is 9.69 Å². The molecular formula is C12H16N2O4. The van der Waals surface area contributed by atoms with E-state index in [1.165, 1.54) is 12.3 Å². The van der Waals surface area contributed by atoms with Crippen LogP contribution < -0.4 is 5.73 Å². The number of hydrogen-bond donors (Lipinski definition) is 2. The number of carbonyl (C=O) groups excluding carboxylic acids is 1. The molecule has 1 unspecified atom stereocenters. The SMILES string of the molecule is NC(=O)C1CCCCN1Cc1cc(C(=O)O)co1. The molecule has 6 nitrogen and oxygen atoms in total. The first kappa shape index (κ1) is 12.6. The maximum absolute atomic E-state index is 11.3. The van der Waals surface area contributed by atoms with Crippen molar-refractivity contribution in [2.75, 3.05) is 6.54 Å². The number of carboxylic acids is 1. The van der Waals surface area contributed by atoms with Crippen LogP contribution in [0.1, 0.15) is 35.4 Å². The van der Waals surface area contributed by atoms with Gasteiger partial charge in [-0.25, -0.2) is 4.79 Å². The maximum atomic E-state index is 11.3. The summed E-state index contributed by atoms with van der Waals surface area (Å²) in [6.45, 7) is 1.19. The van der Waals surface area contributed by atoms with Gasteiger partial charge in [0.1, 0.15) is 12.0 Å². The second-order valence-electron chi connectivity index (χ2n) is 4.49. The van der Waals surface area contributed by atoms with Crippen LogP contribution in [0, 0.1) is 0 Å². The molecular weight excluding hydrogens is 236 g/mol. The molecule has 98 valence electrons. The Kier molecular flexibility index (Phi) is 3.66. The first-order valence-corrected chi connectivity index (χ1v) is 5.92. The molecule has 0 bridgehead atoms. The van der Waals surface area contributed by atoms with Crippen LogP contribution in [-0.4, -0.2) is 34.5 Å². The summed E-state index contributed by atoms with van der Waals surface area (Å²) in [5.41, 5.74) is 5.48. The molecule has 1 atom stereocenters. The molecule has 1 aliphatic heterocycles. The molecule has 2 rings (SSSR count). The van der Waals surface area contributed by atoms with Gasteiger partial charge in [0.05, 0.1) is 18.2 Å². The van der Waals surface area contributed by atoms with E-state index < -0.39 is 5.97 Å². The Morgan fingerprint density at radius 3 is 2.89 bits per heavy atom. The molecule has 0 spiro atoms. The van der Waals surface area contributed by atoms with Crippen molar-refractivity contribution in [3.05, 3.63) is 23.7 Å². The number of rotatable bonds is 4. The molecule has 1 aromatic heterocycles. The molecule has 18 heavy (non-hydrogen) atoms. The molecule has 0 aromatic carbocycles. The zero-order valence-electron chi connectivity index (χ0n) is 9.96. The number of carbonyl (C=O) groups is 2. The highest BCUT2D eigenvalue weighted by molar-refractivity contribution is 5.87. The highest BCUT2D eigenvalue weighted by Gasteiger charge is 2.27. The van der Waals surface area contributed by atoms with E-state index in [9.17, 15) is 9.59 Å². The average molecular weight is 252 g/mol. The summed E-state index contributed by atoms with van der Waals surface area (Å²) in [6, 6.07) is 1.20. The third-order valence-electron chi connectivity index (χ3n) is 3.20. The molecule has 2 heterocycles. The van der Waals surface area contributed by atoms with E-state index in [0.29, 0.717) is 12.3 Å². The van der Waals surface area contributed by atoms with Crippen LogP contribution in [0.3, 0.4) is 0 Å². The second kappa shape index (κ2) is 5.22. The van der Waals surface area contributed by atoms with Crippen molar-refractivity contribution in [3.63, 3.8) is 0 Å². The number of carboxylic acid groups (broad SMARTS) is 1. The van der Waals surface area contributed by atoms with Crippen molar-refractivity contribution < 1.29 is 19.1 Å². The van der Waals surface area contributed by atoms with Gasteiger partial charge < -0.3 is 15.3 Å². The Morgan fingerprint density at radius 2 is 2.28 bits per heavy atom.